The van der Waals surface area contributed by atoms with Crippen LogP contribution in [-0.2, 0) is 11.0 Å². The maximum atomic E-state index is 12.9. The first-order valence-electron chi connectivity index (χ1n) is 7.71. The topological polar surface area (TPSA) is 61.4 Å². The predicted molar refractivity (Wildman–Crippen MR) is 82.4 cm³/mol. The molecule has 8 heteroatoms. The van der Waals surface area contributed by atoms with Gasteiger partial charge in [-0.2, -0.15) is 13.2 Å². The minimum atomic E-state index is -4.62. The first-order valence-corrected chi connectivity index (χ1v) is 7.71. The van der Waals surface area contributed by atoms with E-state index in [0.717, 1.165) is 38.1 Å². The van der Waals surface area contributed by atoms with Crippen LogP contribution in [0.4, 0.5) is 13.2 Å². The molecule has 1 fully saturated rings. The van der Waals surface area contributed by atoms with Gasteiger partial charge in [-0.25, -0.2) is 0 Å². The Kier molecular flexibility index (Phi) is 5.82. The number of alkyl halides is 3. The quantitative estimate of drug-likeness (QED) is 0.874. The van der Waals surface area contributed by atoms with Gasteiger partial charge in [0.25, 0.3) is 5.91 Å². The van der Waals surface area contributed by atoms with E-state index in [0.29, 0.717) is 0 Å². The van der Waals surface area contributed by atoms with Crippen molar-refractivity contribution < 1.29 is 22.8 Å². The van der Waals surface area contributed by atoms with Gasteiger partial charge in [-0.3, -0.25) is 9.59 Å². The van der Waals surface area contributed by atoms with Crippen molar-refractivity contribution in [3.05, 3.63) is 35.4 Å². The molecule has 1 aliphatic heterocycles. The van der Waals surface area contributed by atoms with Crippen LogP contribution in [0.5, 0.6) is 0 Å². The third-order valence-corrected chi connectivity index (χ3v) is 4.13. The maximum absolute atomic E-state index is 12.9. The molecule has 2 rings (SSSR count). The van der Waals surface area contributed by atoms with Crippen molar-refractivity contribution in [3.8, 4) is 0 Å². The lowest BCUT2D eigenvalue weighted by molar-refractivity contribution is -0.137. The summed E-state index contributed by atoms with van der Waals surface area (Å²) in [5.41, 5.74) is -1.50. The average molecular weight is 343 g/mol. The molecular formula is C16H20F3N3O2. The van der Waals surface area contributed by atoms with E-state index < -0.39 is 23.2 Å². The van der Waals surface area contributed by atoms with Gasteiger partial charge in [0.15, 0.2) is 0 Å². The number of carbonyl (C=O) groups excluding carboxylic acids is 2. The van der Waals surface area contributed by atoms with Crippen molar-refractivity contribution >= 4 is 11.8 Å². The third kappa shape index (κ3) is 4.47. The van der Waals surface area contributed by atoms with Gasteiger partial charge in [-0.05, 0) is 38.1 Å². The summed E-state index contributed by atoms with van der Waals surface area (Å²) >= 11 is 0. The molecular weight excluding hydrogens is 323 g/mol. The molecule has 0 atom stereocenters. The van der Waals surface area contributed by atoms with Crippen LogP contribution >= 0.6 is 0 Å². The average Bonchev–Trinajstić information content (AvgIpc) is 2.58. The number of carbonyl (C=O) groups is 2. The van der Waals surface area contributed by atoms with E-state index in [-0.39, 0.29) is 18.5 Å². The van der Waals surface area contributed by atoms with Crippen LogP contribution in [-0.4, -0.2) is 49.4 Å². The number of likely N-dealkylation sites (N-methyl/N-ethyl adjacent to an activating group) is 1. The second kappa shape index (κ2) is 7.65. The van der Waals surface area contributed by atoms with E-state index in [9.17, 15) is 22.8 Å². The van der Waals surface area contributed by atoms with Gasteiger partial charge in [-0.15, -0.1) is 0 Å². The van der Waals surface area contributed by atoms with Gasteiger partial charge < -0.3 is 15.5 Å². The molecule has 24 heavy (non-hydrogen) atoms. The summed E-state index contributed by atoms with van der Waals surface area (Å²) in [4.78, 5) is 25.7. The fourth-order valence-electron chi connectivity index (χ4n) is 2.70. The number of hydrogen-bond donors (Lipinski definition) is 2. The number of hydrogen-bond acceptors (Lipinski definition) is 3. The van der Waals surface area contributed by atoms with E-state index >= 15 is 0 Å². The number of nitrogens with zero attached hydrogens (tertiary/aromatic N) is 1. The summed E-state index contributed by atoms with van der Waals surface area (Å²) in [6.45, 7) is 1.30. The summed E-state index contributed by atoms with van der Waals surface area (Å²) in [6.07, 6.45) is -3.00. The van der Waals surface area contributed by atoms with Crippen LogP contribution in [0.15, 0.2) is 24.3 Å². The smallest absolute Gasteiger partial charge is 0.343 e. The van der Waals surface area contributed by atoms with Crippen LogP contribution in [0, 0.1) is 0 Å². The summed E-state index contributed by atoms with van der Waals surface area (Å²) in [5, 5.41) is 5.47. The van der Waals surface area contributed by atoms with Crippen molar-refractivity contribution in [1.29, 1.82) is 0 Å². The lowest BCUT2D eigenvalue weighted by Crippen LogP contribution is -2.47. The molecule has 0 radical (unpaired) electrons. The van der Waals surface area contributed by atoms with Crippen LogP contribution in [0.3, 0.4) is 0 Å². The standard InChI is InChI=1S/C16H20F3N3O2/c1-22(11-6-8-20-9-7-11)14(23)10-21-15(24)12-4-2-3-5-13(12)16(17,18)19/h2-5,11,20H,6-10H2,1H3,(H,21,24). The molecule has 0 saturated carbocycles. The highest BCUT2D eigenvalue weighted by molar-refractivity contribution is 5.97. The van der Waals surface area contributed by atoms with E-state index in [1.165, 1.54) is 12.1 Å². The number of benzene rings is 1. The summed E-state index contributed by atoms with van der Waals surface area (Å²) < 4.78 is 38.8. The molecule has 1 saturated heterocycles. The number of nitrogens with one attached hydrogen (secondary N) is 2. The number of halogens is 3. The lowest BCUT2D eigenvalue weighted by atomic mass is 10.1. The highest BCUT2D eigenvalue weighted by atomic mass is 19.4. The van der Waals surface area contributed by atoms with Gasteiger partial charge in [0.1, 0.15) is 0 Å². The van der Waals surface area contributed by atoms with Gasteiger partial charge in [-0.1, -0.05) is 12.1 Å². The minimum Gasteiger partial charge on any atom is -0.343 e. The molecule has 1 heterocycles. The molecule has 0 aliphatic carbocycles. The van der Waals surface area contributed by atoms with Crippen LogP contribution < -0.4 is 10.6 Å². The van der Waals surface area contributed by atoms with E-state index in [4.69, 9.17) is 0 Å². The summed E-state index contributed by atoms with van der Waals surface area (Å²) in [5.74, 6) is -1.23. The minimum absolute atomic E-state index is 0.0816. The zero-order valence-electron chi connectivity index (χ0n) is 13.3. The summed E-state index contributed by atoms with van der Waals surface area (Å²) in [7, 11) is 1.65. The maximum Gasteiger partial charge on any atom is 0.417 e. The van der Waals surface area contributed by atoms with Crippen molar-refractivity contribution in [2.24, 2.45) is 0 Å². The number of rotatable bonds is 4. The first kappa shape index (κ1) is 18.3. The Hall–Kier alpha value is -2.09. The van der Waals surface area contributed by atoms with Crippen molar-refractivity contribution in [3.63, 3.8) is 0 Å². The van der Waals surface area contributed by atoms with Gasteiger partial charge in [0.2, 0.25) is 5.91 Å². The van der Waals surface area contributed by atoms with Gasteiger partial charge in [0.05, 0.1) is 17.7 Å². The number of piperidine rings is 1. The second-order valence-corrected chi connectivity index (χ2v) is 5.71. The molecule has 2 amide bonds. The second-order valence-electron chi connectivity index (χ2n) is 5.71. The number of amides is 2. The van der Waals surface area contributed by atoms with Crippen molar-refractivity contribution in [2.75, 3.05) is 26.7 Å². The Bertz CT molecular complexity index is 598. The van der Waals surface area contributed by atoms with Crippen molar-refractivity contribution in [1.82, 2.24) is 15.5 Å². The molecule has 1 aromatic carbocycles. The fourth-order valence-corrected chi connectivity index (χ4v) is 2.70. The Morgan fingerprint density at radius 3 is 2.50 bits per heavy atom. The van der Waals surface area contributed by atoms with E-state index in [1.807, 2.05) is 0 Å². The molecule has 1 aromatic rings. The van der Waals surface area contributed by atoms with Crippen LogP contribution in [0.1, 0.15) is 28.8 Å². The monoisotopic (exact) mass is 343 g/mol. The molecule has 0 unspecified atom stereocenters. The zero-order chi connectivity index (χ0) is 17.7. The normalized spacial score (nSPS) is 15.8. The zero-order valence-corrected chi connectivity index (χ0v) is 13.3. The van der Waals surface area contributed by atoms with Crippen molar-refractivity contribution in [2.45, 2.75) is 25.1 Å². The van der Waals surface area contributed by atoms with Crippen LogP contribution in [0.25, 0.3) is 0 Å². The Morgan fingerprint density at radius 1 is 1.25 bits per heavy atom. The molecule has 0 spiro atoms. The Labute approximate surface area is 138 Å². The SMILES string of the molecule is CN(C(=O)CNC(=O)c1ccccc1C(F)(F)F)C1CCNCC1. The lowest BCUT2D eigenvalue weighted by Gasteiger charge is -2.31. The molecule has 2 N–H and O–H groups in total. The Balaban J connectivity index is 1.97. The predicted octanol–water partition coefficient (Wildman–Crippen LogP) is 1.65. The third-order valence-electron chi connectivity index (χ3n) is 4.13. The highest BCUT2D eigenvalue weighted by Crippen LogP contribution is 2.31. The molecule has 0 aromatic heterocycles. The molecule has 1 aliphatic rings. The van der Waals surface area contributed by atoms with Gasteiger partial charge >= 0.3 is 6.18 Å². The van der Waals surface area contributed by atoms with E-state index in [2.05, 4.69) is 10.6 Å². The van der Waals surface area contributed by atoms with Crippen LogP contribution in [0.2, 0.25) is 0 Å². The Morgan fingerprint density at radius 2 is 1.88 bits per heavy atom. The molecule has 0 bridgehead atoms. The summed E-state index contributed by atoms with van der Waals surface area (Å²) in [6, 6.07) is 4.60. The molecule has 5 nitrogen and oxygen atoms in total. The molecule has 132 valence electrons. The van der Waals surface area contributed by atoms with E-state index in [1.54, 1.807) is 11.9 Å². The fraction of sp³-hybridized carbons (Fsp3) is 0.500. The highest BCUT2D eigenvalue weighted by Gasteiger charge is 2.35. The largest absolute Gasteiger partial charge is 0.417 e. The van der Waals surface area contributed by atoms with Gasteiger partial charge in [0, 0.05) is 13.1 Å². The first-order chi connectivity index (χ1) is 11.3.